The Hall–Kier alpha value is -10.7. The Morgan fingerprint density at radius 2 is 0.253 bits per heavy atom. The first-order valence-electron chi connectivity index (χ1n) is 55.8. The average molecular weight is 2060 g/mol. The molecule has 22 nitrogen and oxygen atoms in total. The van der Waals surface area contributed by atoms with Crippen LogP contribution in [-0.2, 0) is 43.3 Å². The predicted molar refractivity (Wildman–Crippen MR) is 637 cm³/mol. The van der Waals surface area contributed by atoms with Crippen molar-refractivity contribution >= 4 is 49.7 Å². The maximum atomic E-state index is 11.4. The summed E-state index contributed by atoms with van der Waals surface area (Å²) in [7, 11) is 0. The molecule has 8 aromatic rings. The maximum absolute atomic E-state index is 11.4. The van der Waals surface area contributed by atoms with Gasteiger partial charge >= 0.3 is 0 Å². The quantitative estimate of drug-likeness (QED) is 0.0130. The number of hydrogen-bond acceptors (Lipinski definition) is 22. The lowest BCUT2D eigenvalue weighted by molar-refractivity contribution is 0.191. The molecule has 0 radical (unpaired) electrons. The van der Waals surface area contributed by atoms with Gasteiger partial charge in [-0.2, -0.15) is 0 Å². The molecule has 0 heterocycles. The van der Waals surface area contributed by atoms with Gasteiger partial charge in [-0.05, 0) is 344 Å². The summed E-state index contributed by atoms with van der Waals surface area (Å²) in [5.41, 5.74) is 11.2. The minimum atomic E-state index is -0.225. The van der Waals surface area contributed by atoms with Gasteiger partial charge in [0.2, 0.25) is 0 Å². The minimum Gasteiger partial charge on any atom is -0.507 e. The molecule has 8 aromatic carbocycles. The molecule has 0 unspecified atom stereocenters. The Morgan fingerprint density at radius 1 is 0.153 bits per heavy atom. The number of aliphatic imine (C=N–C) groups is 8. The summed E-state index contributed by atoms with van der Waals surface area (Å²) in [5, 5.41) is 91.3. The van der Waals surface area contributed by atoms with E-state index in [2.05, 4.69) is 196 Å². The summed E-state index contributed by atoms with van der Waals surface area (Å²) in [4.78, 5) is 55.2. The Bertz CT molecular complexity index is 4660. The van der Waals surface area contributed by atoms with Gasteiger partial charge in [0.1, 0.15) is 46.0 Å². The molecule has 0 saturated carbocycles. The van der Waals surface area contributed by atoms with Crippen molar-refractivity contribution in [2.45, 2.75) is 299 Å². The van der Waals surface area contributed by atoms with Crippen LogP contribution in [0.5, 0.6) is 46.0 Å². The first kappa shape index (κ1) is 124. The molecule has 0 aromatic heterocycles. The molecule has 0 saturated heterocycles. The molecule has 8 N–H and O–H groups in total. The highest BCUT2D eigenvalue weighted by atomic mass is 16.3. The summed E-state index contributed by atoms with van der Waals surface area (Å²) in [5.74, 6) is 2.24. The highest BCUT2D eigenvalue weighted by Gasteiger charge is 2.29. The fourth-order valence-electron chi connectivity index (χ4n) is 19.3. The van der Waals surface area contributed by atoms with E-state index in [1.54, 1.807) is 0 Å². The molecular weight excluding hydrogens is 1860 g/mol. The minimum absolute atomic E-state index is 0.225. The molecule has 8 rings (SSSR count). The summed E-state index contributed by atoms with van der Waals surface area (Å²) < 4.78 is 0. The van der Waals surface area contributed by atoms with Crippen molar-refractivity contribution in [1.82, 2.24) is 29.4 Å². The molecule has 822 valence electrons. The molecule has 0 aliphatic carbocycles. The van der Waals surface area contributed by atoms with E-state index in [-0.39, 0.29) is 89.3 Å². The normalized spacial score (nSPS) is 13.3. The predicted octanol–water partition coefficient (Wildman–Crippen LogP) is 25.2. The second-order valence-corrected chi connectivity index (χ2v) is 49.2. The average Bonchev–Trinajstić information content (AvgIpc) is 0.854. The van der Waals surface area contributed by atoms with Crippen molar-refractivity contribution in [3.8, 4) is 46.0 Å². The van der Waals surface area contributed by atoms with E-state index in [0.29, 0.717) is 52.4 Å². The van der Waals surface area contributed by atoms with Gasteiger partial charge in [0, 0.05) is 147 Å². The monoisotopic (exact) mass is 2050 g/mol. The van der Waals surface area contributed by atoms with Gasteiger partial charge in [-0.15, -0.1) is 0 Å². The summed E-state index contributed by atoms with van der Waals surface area (Å²) >= 11 is 0. The number of rotatable bonds is 61. The zero-order chi connectivity index (χ0) is 110. The van der Waals surface area contributed by atoms with E-state index >= 15 is 0 Å². The van der Waals surface area contributed by atoms with Crippen molar-refractivity contribution in [1.29, 1.82) is 0 Å². The third-order valence-corrected chi connectivity index (χ3v) is 27.9. The van der Waals surface area contributed by atoms with E-state index in [9.17, 15) is 40.9 Å². The molecule has 0 bridgehead atoms. The number of phenolic OH excluding ortho intramolecular Hbond substituents is 8. The highest BCUT2D eigenvalue weighted by Crippen LogP contribution is 2.41. The van der Waals surface area contributed by atoms with Crippen LogP contribution in [0, 0.1) is 0 Å². The van der Waals surface area contributed by atoms with E-state index < -0.39 is 0 Å². The van der Waals surface area contributed by atoms with Crippen LogP contribution in [0.3, 0.4) is 0 Å². The fourth-order valence-corrected chi connectivity index (χ4v) is 19.3. The van der Waals surface area contributed by atoms with Crippen LogP contribution >= 0.6 is 0 Å². The van der Waals surface area contributed by atoms with Gasteiger partial charge in [0.15, 0.2) is 0 Å². The molecule has 0 fully saturated rings. The number of nitrogens with zero attached hydrogens (tertiary/aromatic N) is 14. The number of benzene rings is 8. The zero-order valence-electron chi connectivity index (χ0n) is 96.6. The number of para-hydroxylation sites is 8. The Balaban J connectivity index is 1.09. The fraction of sp³-hybridized carbons (Fsp3) is 0.562. The molecule has 0 aliphatic heterocycles. The van der Waals surface area contributed by atoms with Crippen molar-refractivity contribution in [3.63, 3.8) is 0 Å². The van der Waals surface area contributed by atoms with E-state index in [4.69, 9.17) is 39.9 Å². The molecule has 0 atom stereocenters. The van der Waals surface area contributed by atoms with Crippen LogP contribution < -0.4 is 0 Å². The summed E-state index contributed by atoms with van der Waals surface area (Å²) in [6, 6.07) is 47.4. The second-order valence-electron chi connectivity index (χ2n) is 49.2. The standard InChI is InChI=1S/C128H192N14O8/c1-121(2,3)105-55-27-47-97(113(105)143)89-129-63-35-73-139(74-36-64-130-90-98-48-28-56-106(114(98)144)122(4,5)6)85-43-81-137(82-44-86-140(75-37-65-131-91-99-49-29-57-107(115(99)145)123(7,8)9)76-38-66-132-92-100-50-30-58-108(116(100)146)124(10,11)12)71-25-26-72-138(83-45-87-141(77-39-67-133-93-101-51-31-59-109(117(101)147)125(13,14)15)78-40-68-134-94-102-52-32-60-110(118(102)148)126(16,17)18)84-46-88-142(79-41-69-135-95-103-53-33-61-111(119(103)149)127(19,20)21)80-42-70-136-96-104-54-34-62-112(120(104)150)128(22,23)24/h27-34,47-62,89-96,143-150H,25-26,35-46,63-88H2,1-24H3. The van der Waals surface area contributed by atoms with E-state index in [0.717, 1.165) is 297 Å². The number of phenols is 8. The SMILES string of the molecule is CC(C)(C)c1cccc(C=NCCCN(CCCN=Cc2cccc(C(C)(C)C)c2O)CCCN(CCCCN(CCCN(CCCN=Cc2cccc(C(C)(C)C)c2O)CCCN=Cc2cccc(C(C)(C)C)c2O)CCCN(CCCN=Cc2cccc(C(C)(C)C)c2O)CCCN=Cc2cccc(C(C)(C)C)c2O)CCCN(CCCN=Cc2cccc(C(C)(C)C)c2O)CCCN=Cc2cccc(C(C)(C)C)c2O)c1O. The van der Waals surface area contributed by atoms with Gasteiger partial charge in [-0.1, -0.05) is 263 Å². The van der Waals surface area contributed by atoms with E-state index in [1.807, 2.05) is 195 Å². The molecule has 22 heteroatoms. The third kappa shape index (κ3) is 42.7. The van der Waals surface area contributed by atoms with Gasteiger partial charge in [-0.25, -0.2) is 0 Å². The molecule has 150 heavy (non-hydrogen) atoms. The first-order chi connectivity index (χ1) is 70.9. The van der Waals surface area contributed by atoms with Crippen molar-refractivity contribution in [3.05, 3.63) is 235 Å². The Kier molecular flexibility index (Phi) is 50.3. The number of unbranched alkanes of at least 4 members (excludes halogenated alkanes) is 1. The van der Waals surface area contributed by atoms with Crippen molar-refractivity contribution in [2.75, 3.05) is 170 Å². The summed E-state index contributed by atoms with van der Waals surface area (Å²) in [6.45, 7) is 71.5. The van der Waals surface area contributed by atoms with Crippen LogP contribution in [-0.4, -0.2) is 290 Å². The van der Waals surface area contributed by atoms with Gasteiger partial charge in [0.25, 0.3) is 0 Å². The highest BCUT2D eigenvalue weighted by molar-refractivity contribution is 5.89. The number of aromatic hydroxyl groups is 8. The lowest BCUT2D eigenvalue weighted by atomic mass is 9.85. The Labute approximate surface area is 904 Å². The molecule has 0 spiro atoms. The maximum Gasteiger partial charge on any atom is 0.128 e. The molecule has 0 amide bonds. The topological polar surface area (TPSA) is 280 Å². The van der Waals surface area contributed by atoms with Gasteiger partial charge in [-0.3, -0.25) is 39.9 Å². The Morgan fingerprint density at radius 3 is 0.360 bits per heavy atom. The van der Waals surface area contributed by atoms with Crippen LogP contribution in [0.2, 0.25) is 0 Å². The van der Waals surface area contributed by atoms with Gasteiger partial charge in [0.05, 0.1) is 0 Å². The number of hydrogen-bond donors (Lipinski definition) is 8. The van der Waals surface area contributed by atoms with Crippen molar-refractivity contribution < 1.29 is 40.9 Å². The zero-order valence-corrected chi connectivity index (χ0v) is 96.6. The van der Waals surface area contributed by atoms with Crippen molar-refractivity contribution in [2.24, 2.45) is 39.9 Å². The summed E-state index contributed by atoms with van der Waals surface area (Å²) in [6.07, 6.45) is 27.2. The van der Waals surface area contributed by atoms with Gasteiger partial charge < -0.3 is 70.3 Å². The lowest BCUT2D eigenvalue weighted by Crippen LogP contribution is -2.36. The van der Waals surface area contributed by atoms with Crippen LogP contribution in [0.15, 0.2) is 186 Å². The largest absolute Gasteiger partial charge is 0.507 e. The van der Waals surface area contributed by atoms with Crippen LogP contribution in [0.25, 0.3) is 0 Å². The lowest BCUT2D eigenvalue weighted by Gasteiger charge is -2.29. The second kappa shape index (κ2) is 60.7. The molecular formula is C128H192N14O8. The third-order valence-electron chi connectivity index (χ3n) is 27.9. The van der Waals surface area contributed by atoms with E-state index in [1.165, 1.54) is 0 Å². The smallest absolute Gasteiger partial charge is 0.128 e. The first-order valence-corrected chi connectivity index (χ1v) is 55.8. The van der Waals surface area contributed by atoms with Crippen LogP contribution in [0.4, 0.5) is 0 Å². The van der Waals surface area contributed by atoms with Crippen LogP contribution in [0.1, 0.15) is 345 Å². The molecule has 0 aliphatic rings.